The SMILES string of the molecule is CNc1ncc(Br)cc1S(=O)(=O)Nc1ncc[nH]1. The highest BCUT2D eigenvalue weighted by atomic mass is 79.9. The van der Waals surface area contributed by atoms with Crippen LogP contribution in [0.3, 0.4) is 0 Å². The molecule has 0 saturated carbocycles. The van der Waals surface area contributed by atoms with Gasteiger partial charge in [0.1, 0.15) is 10.7 Å². The summed E-state index contributed by atoms with van der Waals surface area (Å²) in [5, 5.41) is 2.73. The number of pyridine rings is 1. The first-order valence-electron chi connectivity index (χ1n) is 4.88. The molecule has 0 aromatic carbocycles. The predicted octanol–water partition coefficient (Wildman–Crippen LogP) is 1.41. The van der Waals surface area contributed by atoms with Crippen LogP contribution in [-0.2, 0) is 10.0 Å². The summed E-state index contributed by atoms with van der Waals surface area (Å²) in [5.41, 5.74) is 0. The smallest absolute Gasteiger partial charge is 0.267 e. The number of hydrogen-bond donors (Lipinski definition) is 3. The molecule has 9 heteroatoms. The Balaban J connectivity index is 2.43. The lowest BCUT2D eigenvalue weighted by molar-refractivity contribution is 0.600. The molecule has 2 aromatic rings. The highest BCUT2D eigenvalue weighted by Crippen LogP contribution is 2.23. The molecule has 0 unspecified atom stereocenters. The van der Waals surface area contributed by atoms with Gasteiger partial charge in [0.2, 0.25) is 5.95 Å². The first-order chi connectivity index (χ1) is 8.53. The Kier molecular flexibility index (Phi) is 3.53. The van der Waals surface area contributed by atoms with E-state index in [2.05, 4.69) is 40.9 Å². The highest BCUT2D eigenvalue weighted by Gasteiger charge is 2.20. The first kappa shape index (κ1) is 12.8. The zero-order chi connectivity index (χ0) is 13.2. The molecule has 2 aromatic heterocycles. The number of aromatic nitrogens is 3. The van der Waals surface area contributed by atoms with E-state index in [1.807, 2.05) is 0 Å². The Morgan fingerprint density at radius 2 is 2.17 bits per heavy atom. The van der Waals surface area contributed by atoms with Crippen molar-refractivity contribution in [2.45, 2.75) is 4.90 Å². The van der Waals surface area contributed by atoms with Gasteiger partial charge in [-0.2, -0.15) is 0 Å². The summed E-state index contributed by atoms with van der Waals surface area (Å²) < 4.78 is 27.2. The number of sulfonamides is 1. The third-order valence-electron chi connectivity index (χ3n) is 2.07. The lowest BCUT2D eigenvalue weighted by Crippen LogP contribution is -2.16. The normalized spacial score (nSPS) is 11.2. The molecule has 7 nitrogen and oxygen atoms in total. The molecule has 0 aliphatic rings. The zero-order valence-corrected chi connectivity index (χ0v) is 11.7. The van der Waals surface area contributed by atoms with Crippen molar-refractivity contribution in [2.24, 2.45) is 0 Å². The van der Waals surface area contributed by atoms with E-state index in [9.17, 15) is 8.42 Å². The minimum absolute atomic E-state index is 0.0378. The van der Waals surface area contributed by atoms with Crippen molar-refractivity contribution in [3.8, 4) is 0 Å². The average molecular weight is 332 g/mol. The first-order valence-corrected chi connectivity index (χ1v) is 7.16. The summed E-state index contributed by atoms with van der Waals surface area (Å²) in [6, 6.07) is 1.46. The zero-order valence-electron chi connectivity index (χ0n) is 9.31. The van der Waals surface area contributed by atoms with Gasteiger partial charge in [-0.3, -0.25) is 0 Å². The molecular weight excluding hydrogens is 322 g/mol. The molecule has 2 rings (SSSR count). The summed E-state index contributed by atoms with van der Waals surface area (Å²) in [7, 11) is -2.15. The molecular formula is C9H10BrN5O2S. The second kappa shape index (κ2) is 4.94. The maximum atomic E-state index is 12.2. The number of H-pyrrole nitrogens is 1. The van der Waals surface area contributed by atoms with E-state index < -0.39 is 10.0 Å². The fourth-order valence-corrected chi connectivity index (χ4v) is 2.97. The van der Waals surface area contributed by atoms with Crippen molar-refractivity contribution >= 4 is 37.7 Å². The van der Waals surface area contributed by atoms with Gasteiger partial charge >= 0.3 is 0 Å². The van der Waals surface area contributed by atoms with Gasteiger partial charge in [-0.25, -0.2) is 23.1 Å². The molecule has 0 aliphatic carbocycles. The van der Waals surface area contributed by atoms with Crippen LogP contribution in [0.15, 0.2) is 34.0 Å². The van der Waals surface area contributed by atoms with Gasteiger partial charge in [-0.15, -0.1) is 0 Å². The van der Waals surface area contributed by atoms with Gasteiger partial charge in [0.15, 0.2) is 0 Å². The van der Waals surface area contributed by atoms with Gasteiger partial charge in [0.25, 0.3) is 10.0 Å². The number of anilines is 2. The van der Waals surface area contributed by atoms with E-state index in [1.165, 1.54) is 24.7 Å². The van der Waals surface area contributed by atoms with Crippen LogP contribution in [-0.4, -0.2) is 30.4 Å². The second-order valence-corrected chi connectivity index (χ2v) is 5.86. The molecule has 0 amide bonds. The van der Waals surface area contributed by atoms with E-state index in [0.29, 0.717) is 4.47 Å². The van der Waals surface area contributed by atoms with E-state index >= 15 is 0 Å². The van der Waals surface area contributed by atoms with Crippen molar-refractivity contribution in [1.82, 2.24) is 15.0 Å². The molecule has 0 radical (unpaired) electrons. The summed E-state index contributed by atoms with van der Waals surface area (Å²) in [6.45, 7) is 0. The lowest BCUT2D eigenvalue weighted by atomic mass is 10.4. The average Bonchev–Trinajstić information content (AvgIpc) is 2.81. The van der Waals surface area contributed by atoms with Crippen molar-refractivity contribution < 1.29 is 8.42 Å². The Labute approximate surface area is 112 Å². The minimum Gasteiger partial charge on any atom is -0.372 e. The number of nitrogens with one attached hydrogen (secondary N) is 3. The molecule has 0 fully saturated rings. The van der Waals surface area contributed by atoms with Crippen molar-refractivity contribution in [3.05, 3.63) is 29.1 Å². The highest BCUT2D eigenvalue weighted by molar-refractivity contribution is 9.10. The van der Waals surface area contributed by atoms with E-state index in [1.54, 1.807) is 7.05 Å². The van der Waals surface area contributed by atoms with Crippen LogP contribution < -0.4 is 10.0 Å². The van der Waals surface area contributed by atoms with E-state index in [-0.39, 0.29) is 16.7 Å². The van der Waals surface area contributed by atoms with Gasteiger partial charge in [0.05, 0.1) is 0 Å². The van der Waals surface area contributed by atoms with Gasteiger partial charge in [-0.05, 0) is 22.0 Å². The topological polar surface area (TPSA) is 99.8 Å². The fraction of sp³-hybridized carbons (Fsp3) is 0.111. The monoisotopic (exact) mass is 331 g/mol. The third-order valence-corrected chi connectivity index (χ3v) is 3.86. The molecule has 0 atom stereocenters. The van der Waals surface area contributed by atoms with Crippen LogP contribution in [0, 0.1) is 0 Å². The predicted molar refractivity (Wildman–Crippen MR) is 70.9 cm³/mol. The minimum atomic E-state index is -3.75. The van der Waals surface area contributed by atoms with Crippen molar-refractivity contribution in [2.75, 3.05) is 17.1 Å². The maximum Gasteiger partial charge on any atom is 0.267 e. The van der Waals surface area contributed by atoms with Crippen LogP contribution in [0.1, 0.15) is 0 Å². The molecule has 96 valence electrons. The molecule has 0 bridgehead atoms. The molecule has 0 spiro atoms. The van der Waals surface area contributed by atoms with Gasteiger partial charge in [0, 0.05) is 30.1 Å². The number of aromatic amines is 1. The van der Waals surface area contributed by atoms with Crippen LogP contribution >= 0.6 is 15.9 Å². The van der Waals surface area contributed by atoms with Crippen LogP contribution in [0.5, 0.6) is 0 Å². The summed E-state index contributed by atoms with van der Waals surface area (Å²) >= 11 is 3.19. The molecule has 0 aliphatic heterocycles. The van der Waals surface area contributed by atoms with Crippen molar-refractivity contribution in [3.63, 3.8) is 0 Å². The Morgan fingerprint density at radius 1 is 1.39 bits per heavy atom. The standard InChI is InChI=1S/C9H10BrN5O2S/c1-11-8-7(4-6(10)5-14-8)18(16,17)15-9-12-2-3-13-9/h2-5H,1H3,(H,11,14)(H2,12,13,15). The largest absolute Gasteiger partial charge is 0.372 e. The van der Waals surface area contributed by atoms with Gasteiger partial charge in [-0.1, -0.05) is 0 Å². The number of hydrogen-bond acceptors (Lipinski definition) is 5. The molecule has 3 N–H and O–H groups in total. The second-order valence-electron chi connectivity index (χ2n) is 3.29. The summed E-state index contributed by atoms with van der Waals surface area (Å²) in [4.78, 5) is 10.5. The van der Waals surface area contributed by atoms with E-state index in [4.69, 9.17) is 0 Å². The summed E-state index contributed by atoms with van der Waals surface area (Å²) in [6.07, 6.45) is 4.49. The van der Waals surface area contributed by atoms with E-state index in [0.717, 1.165) is 0 Å². The summed E-state index contributed by atoms with van der Waals surface area (Å²) in [5.74, 6) is 0.411. The van der Waals surface area contributed by atoms with Crippen LogP contribution in [0.25, 0.3) is 0 Å². The van der Waals surface area contributed by atoms with Crippen molar-refractivity contribution in [1.29, 1.82) is 0 Å². The number of imidazole rings is 1. The lowest BCUT2D eigenvalue weighted by Gasteiger charge is -2.09. The third kappa shape index (κ3) is 2.62. The molecule has 0 saturated heterocycles. The Bertz CT molecular complexity index is 641. The quantitative estimate of drug-likeness (QED) is 0.786. The maximum absolute atomic E-state index is 12.2. The number of nitrogens with zero attached hydrogens (tertiary/aromatic N) is 2. The molecule has 18 heavy (non-hydrogen) atoms. The number of halogens is 1. The van der Waals surface area contributed by atoms with Crippen LogP contribution in [0.4, 0.5) is 11.8 Å². The number of rotatable bonds is 4. The van der Waals surface area contributed by atoms with Crippen LogP contribution in [0.2, 0.25) is 0 Å². The fourth-order valence-electron chi connectivity index (χ4n) is 1.32. The van der Waals surface area contributed by atoms with Gasteiger partial charge < -0.3 is 10.3 Å². The Morgan fingerprint density at radius 3 is 2.78 bits per heavy atom. The molecule has 2 heterocycles. The Hall–Kier alpha value is -1.61.